The summed E-state index contributed by atoms with van der Waals surface area (Å²) in [6, 6.07) is 27.6. The minimum Gasteiger partial charge on any atom is -0.338 e. The van der Waals surface area contributed by atoms with E-state index in [-0.39, 0.29) is 28.2 Å². The predicted molar refractivity (Wildman–Crippen MR) is 158 cm³/mol. The van der Waals surface area contributed by atoms with Crippen LogP contribution >= 0.6 is 17.2 Å². The number of H-pyrrole nitrogens is 2. The van der Waals surface area contributed by atoms with Gasteiger partial charge < -0.3 is 9.97 Å². The number of carbonyl (C=O) groups is 2. The first-order chi connectivity index (χ1) is 18.4. The molecule has 2 aliphatic carbocycles. The second-order valence-electron chi connectivity index (χ2n) is 9.18. The number of hydrogen-bond donors (Lipinski definition) is 2. The molecule has 2 aromatic heterocycles. The maximum Gasteiger partial charge on any atom is 0.155 e. The van der Waals surface area contributed by atoms with E-state index in [9.17, 15) is 9.59 Å². The van der Waals surface area contributed by atoms with Crippen LogP contribution in [0.25, 0.3) is 55.7 Å². The van der Waals surface area contributed by atoms with Gasteiger partial charge in [-0.1, -0.05) is 54.6 Å². The third-order valence-corrected chi connectivity index (χ3v) is 8.02. The number of nitrogens with zero attached hydrogens (tertiary/aromatic N) is 2. The molecule has 4 aromatic rings. The average molecular weight is 534 g/mol. The van der Waals surface area contributed by atoms with Gasteiger partial charge in [0.1, 0.15) is 11.1 Å². The Balaban J connectivity index is 1.24. The van der Waals surface area contributed by atoms with Gasteiger partial charge >= 0.3 is 0 Å². The Hall–Kier alpha value is -3.98. The van der Waals surface area contributed by atoms with Gasteiger partial charge in [0.2, 0.25) is 0 Å². The van der Waals surface area contributed by atoms with E-state index < -0.39 is 0 Å². The molecule has 0 aliphatic heterocycles. The summed E-state index contributed by atoms with van der Waals surface area (Å²) in [6.45, 7) is 3.16. The van der Waals surface area contributed by atoms with Crippen LogP contribution < -0.4 is 11.1 Å². The summed E-state index contributed by atoms with van der Waals surface area (Å²) in [5.74, 6) is 0. The third-order valence-electron chi connectivity index (χ3n) is 6.35. The van der Waals surface area contributed by atoms with E-state index in [1.54, 1.807) is 20.0 Å². The van der Waals surface area contributed by atoms with Crippen molar-refractivity contribution in [2.24, 2.45) is 0 Å². The van der Waals surface area contributed by atoms with Crippen LogP contribution in [0.1, 0.15) is 13.8 Å². The summed E-state index contributed by atoms with van der Waals surface area (Å²) in [5.41, 5.74) is 12.3. The smallest absolute Gasteiger partial charge is 0.155 e. The summed E-state index contributed by atoms with van der Waals surface area (Å²) in [6.07, 6.45) is 1.78. The van der Waals surface area contributed by atoms with Crippen molar-refractivity contribution in [3.8, 4) is 44.6 Å². The van der Waals surface area contributed by atoms with Crippen LogP contribution in [0.2, 0.25) is 0 Å². The molecule has 2 unspecified atom stereocenters. The molecule has 0 bridgehead atoms. The summed E-state index contributed by atoms with van der Waals surface area (Å²) in [4.78, 5) is 38.2. The Morgan fingerprint density at radius 3 is 1.79 bits per heavy atom. The maximum atomic E-state index is 11.5. The molecule has 0 fully saturated rings. The normalized spacial score (nSPS) is 11.9. The molecular formula is C30H24N4O2P2. The van der Waals surface area contributed by atoms with Crippen LogP contribution in [0.4, 0.5) is 0 Å². The fourth-order valence-corrected chi connectivity index (χ4v) is 5.93. The van der Waals surface area contributed by atoms with E-state index in [0.717, 1.165) is 44.5 Å². The van der Waals surface area contributed by atoms with Crippen molar-refractivity contribution in [2.45, 2.75) is 13.8 Å². The zero-order valence-electron chi connectivity index (χ0n) is 20.8. The molecule has 0 saturated heterocycles. The van der Waals surface area contributed by atoms with E-state index in [2.05, 4.69) is 92.7 Å². The van der Waals surface area contributed by atoms with E-state index >= 15 is 0 Å². The molecule has 8 heteroatoms. The Morgan fingerprint density at radius 1 is 0.605 bits per heavy atom. The molecular weight excluding hydrogens is 510 g/mol. The number of imidazole rings is 2. The summed E-state index contributed by atoms with van der Waals surface area (Å²) in [7, 11) is 0.108. The van der Waals surface area contributed by atoms with E-state index in [0.29, 0.717) is 5.57 Å². The van der Waals surface area contributed by atoms with Gasteiger partial charge in [0.25, 0.3) is 0 Å². The zero-order valence-corrected chi connectivity index (χ0v) is 22.8. The lowest BCUT2D eigenvalue weighted by Crippen LogP contribution is -2.01. The average Bonchev–Trinajstić information content (AvgIpc) is 3.59. The molecule has 6 nitrogen and oxygen atoms in total. The Bertz CT molecular complexity index is 1750. The second-order valence-corrected chi connectivity index (χ2v) is 12.0. The monoisotopic (exact) mass is 534 g/mol. The summed E-state index contributed by atoms with van der Waals surface area (Å²) in [5, 5.41) is 0. The molecule has 2 N–H and O–H groups in total. The van der Waals surface area contributed by atoms with Crippen LogP contribution in [0.5, 0.6) is 0 Å². The zero-order chi connectivity index (χ0) is 26.2. The number of aromatic nitrogens is 4. The van der Waals surface area contributed by atoms with Crippen molar-refractivity contribution >= 4 is 50.4 Å². The molecule has 186 valence electrons. The van der Waals surface area contributed by atoms with Crippen LogP contribution in [0.15, 0.2) is 85.1 Å². The maximum absolute atomic E-state index is 11.5. The fraction of sp³-hybridized carbons (Fsp3) is 0.0667. The lowest BCUT2D eigenvalue weighted by atomic mass is 10.1. The molecule has 2 heterocycles. The van der Waals surface area contributed by atoms with Crippen molar-refractivity contribution in [1.82, 2.24) is 19.9 Å². The van der Waals surface area contributed by atoms with Gasteiger partial charge in [0.05, 0.1) is 22.9 Å². The highest BCUT2D eigenvalue weighted by molar-refractivity contribution is 7.64. The van der Waals surface area contributed by atoms with Crippen molar-refractivity contribution in [3.05, 3.63) is 85.1 Å². The molecule has 0 amide bonds. The molecule has 2 aromatic carbocycles. The van der Waals surface area contributed by atoms with Gasteiger partial charge in [-0.15, -0.1) is 0 Å². The topological polar surface area (TPSA) is 91.5 Å². The van der Waals surface area contributed by atoms with Gasteiger partial charge in [-0.05, 0) is 77.1 Å². The molecule has 0 radical (unpaired) electrons. The van der Waals surface area contributed by atoms with Gasteiger partial charge in [0, 0.05) is 17.2 Å². The van der Waals surface area contributed by atoms with Gasteiger partial charge in [-0.2, -0.15) is 0 Å². The standard InChI is InChI=1S/C30H24N4O2P2/c1-17(35)37-29-31-16-28(34-29)21-7-3-20(4-8-21)25-13-22-9-5-19(6-10-23(22)14-25)24-11-12-26-27(15-24)33-30(32-26)38-18(2)36/h3-16,37-38H,1-2H3,(H,31,34)(H,32,33). The van der Waals surface area contributed by atoms with Crippen molar-refractivity contribution in [2.75, 3.05) is 0 Å². The fourth-order valence-electron chi connectivity index (χ4n) is 4.56. The molecule has 0 saturated carbocycles. The number of rotatable bonds is 7. The minimum atomic E-state index is 0.0510. The SMILES string of the molecule is CC(=O)Pc1ncc(-c2ccc(-c3cc4ccc(-c5ccc6nc(PC(C)=O)[nH]c6c5)ccc-4c3)cc2)[nH]1. The number of benzene rings is 2. The quantitative estimate of drug-likeness (QED) is 0.243. The van der Waals surface area contributed by atoms with E-state index in [1.807, 2.05) is 6.07 Å². The van der Waals surface area contributed by atoms with Crippen LogP contribution in [-0.2, 0) is 9.59 Å². The van der Waals surface area contributed by atoms with Crippen LogP contribution in [-0.4, -0.2) is 31.0 Å². The Kier molecular flexibility index (Phi) is 6.45. The van der Waals surface area contributed by atoms with Crippen molar-refractivity contribution in [3.63, 3.8) is 0 Å². The molecule has 6 rings (SSSR count). The molecule has 0 spiro atoms. The first kappa shape index (κ1) is 24.4. The number of carbonyl (C=O) groups excluding carboxylic acids is 2. The lowest BCUT2D eigenvalue weighted by molar-refractivity contribution is -0.110. The van der Waals surface area contributed by atoms with E-state index in [1.165, 1.54) is 16.7 Å². The number of nitrogens with one attached hydrogen (secondary N) is 2. The van der Waals surface area contributed by atoms with Gasteiger partial charge in [-0.3, -0.25) is 9.59 Å². The van der Waals surface area contributed by atoms with E-state index in [4.69, 9.17) is 0 Å². The largest absolute Gasteiger partial charge is 0.338 e. The molecule has 38 heavy (non-hydrogen) atoms. The van der Waals surface area contributed by atoms with Gasteiger partial charge in [-0.25, -0.2) is 9.97 Å². The lowest BCUT2D eigenvalue weighted by Gasteiger charge is -2.01. The highest BCUT2D eigenvalue weighted by Crippen LogP contribution is 2.34. The van der Waals surface area contributed by atoms with Crippen molar-refractivity contribution < 1.29 is 9.59 Å². The summed E-state index contributed by atoms with van der Waals surface area (Å²) >= 11 is 0. The number of fused-ring (bicyclic) bond motifs is 2. The molecule has 2 aliphatic rings. The predicted octanol–water partition coefficient (Wildman–Crippen LogP) is 6.09. The molecule has 2 atom stereocenters. The van der Waals surface area contributed by atoms with Gasteiger partial charge in [0.15, 0.2) is 11.0 Å². The first-order valence-electron chi connectivity index (χ1n) is 12.2. The Labute approximate surface area is 223 Å². The summed E-state index contributed by atoms with van der Waals surface area (Å²) < 4.78 is 0. The highest BCUT2D eigenvalue weighted by Gasteiger charge is 2.11. The first-order valence-corrected chi connectivity index (χ1v) is 14.2. The highest BCUT2D eigenvalue weighted by atomic mass is 31.1. The number of hydrogen-bond acceptors (Lipinski definition) is 4. The third kappa shape index (κ3) is 5.06. The Morgan fingerprint density at radius 2 is 1.13 bits per heavy atom. The van der Waals surface area contributed by atoms with Crippen LogP contribution in [0.3, 0.4) is 0 Å². The number of aromatic amines is 2. The van der Waals surface area contributed by atoms with Crippen LogP contribution in [0, 0.1) is 0 Å². The minimum absolute atomic E-state index is 0.0510. The second kappa shape index (κ2) is 10.1. The van der Waals surface area contributed by atoms with Crippen molar-refractivity contribution in [1.29, 1.82) is 0 Å².